The number of rotatable bonds is 8. The Morgan fingerprint density at radius 1 is 1.53 bits per heavy atom. The van der Waals surface area contributed by atoms with Gasteiger partial charge < -0.3 is 15.2 Å². The van der Waals surface area contributed by atoms with Crippen molar-refractivity contribution in [3.8, 4) is 0 Å². The second-order valence-electron chi connectivity index (χ2n) is 3.16. The van der Waals surface area contributed by atoms with Crippen molar-refractivity contribution in [1.82, 2.24) is 5.32 Å². The van der Waals surface area contributed by atoms with Crippen molar-refractivity contribution in [2.24, 2.45) is 0 Å². The summed E-state index contributed by atoms with van der Waals surface area (Å²) in [7, 11) is 0. The van der Waals surface area contributed by atoms with E-state index in [0.29, 0.717) is 0 Å². The lowest BCUT2D eigenvalue weighted by Crippen LogP contribution is -2.31. The molecule has 17 heavy (non-hydrogen) atoms. The van der Waals surface area contributed by atoms with Gasteiger partial charge in [0.2, 0.25) is 0 Å². The summed E-state index contributed by atoms with van der Waals surface area (Å²) in [5.41, 5.74) is -4.23. The topological polar surface area (TPSA) is 58.6 Å². The molecule has 0 fully saturated rings. The molecule has 1 atom stereocenters. The van der Waals surface area contributed by atoms with Crippen LogP contribution in [0, 0.1) is 0 Å². The maximum atomic E-state index is 11.7. The molecule has 0 saturated carbocycles. The number of carbonyl (C=O) groups is 1. The number of aliphatic hydroxyl groups is 1. The average Bonchev–Trinajstić information content (AvgIpc) is 2.15. The minimum absolute atomic E-state index is 0.0667. The zero-order chi connectivity index (χ0) is 13.3. The fourth-order valence-electron chi connectivity index (χ4n) is 0.992. The second-order valence-corrected chi connectivity index (χ2v) is 4.32. The predicted molar refractivity (Wildman–Crippen MR) is 58.6 cm³/mol. The van der Waals surface area contributed by atoms with Crippen LogP contribution in [0.3, 0.4) is 0 Å². The van der Waals surface area contributed by atoms with Gasteiger partial charge in [-0.15, -0.1) is 0 Å². The van der Waals surface area contributed by atoms with Gasteiger partial charge >= 0.3 is 11.5 Å². The summed E-state index contributed by atoms with van der Waals surface area (Å²) in [6.07, 6.45) is -1.10. The van der Waals surface area contributed by atoms with Gasteiger partial charge in [0, 0.05) is 18.8 Å². The van der Waals surface area contributed by atoms with Crippen LogP contribution in [0.2, 0.25) is 0 Å². The fraction of sp³-hybridized carbons (Fsp3) is 0.889. The van der Waals surface area contributed by atoms with Crippen LogP contribution in [-0.2, 0) is 9.53 Å². The van der Waals surface area contributed by atoms with E-state index in [0.717, 1.165) is 0 Å². The monoisotopic (exact) mass is 275 g/mol. The number of alkyl halides is 3. The Morgan fingerprint density at radius 3 is 2.71 bits per heavy atom. The minimum Gasteiger partial charge on any atom is -0.466 e. The summed E-state index contributed by atoms with van der Waals surface area (Å²) >= 11 is -0.128. The van der Waals surface area contributed by atoms with Gasteiger partial charge in [-0.25, -0.2) is 0 Å². The summed E-state index contributed by atoms with van der Waals surface area (Å²) in [6.45, 7) is 2.07. The molecular formula is C9H16F3NO3S. The van der Waals surface area contributed by atoms with Crippen molar-refractivity contribution in [3.05, 3.63) is 0 Å². The number of carbonyl (C=O) groups excluding carboxylic acids is 1. The van der Waals surface area contributed by atoms with Crippen LogP contribution in [-0.4, -0.2) is 48.1 Å². The van der Waals surface area contributed by atoms with Crippen molar-refractivity contribution in [1.29, 1.82) is 0 Å². The molecule has 4 nitrogen and oxygen atoms in total. The Bertz CT molecular complexity index is 226. The third kappa shape index (κ3) is 11.8. The highest BCUT2D eigenvalue weighted by molar-refractivity contribution is 8.00. The molecule has 0 aromatic rings. The van der Waals surface area contributed by atoms with E-state index in [4.69, 9.17) is 0 Å². The van der Waals surface area contributed by atoms with E-state index in [2.05, 4.69) is 10.1 Å². The molecule has 0 radical (unpaired) electrons. The zero-order valence-corrected chi connectivity index (χ0v) is 10.2. The van der Waals surface area contributed by atoms with Crippen LogP contribution in [0.5, 0.6) is 0 Å². The number of nitrogens with one attached hydrogen (secondary N) is 1. The number of hydrogen-bond acceptors (Lipinski definition) is 5. The molecule has 0 bridgehead atoms. The maximum absolute atomic E-state index is 11.7. The first kappa shape index (κ1) is 16.5. The second kappa shape index (κ2) is 8.60. The van der Waals surface area contributed by atoms with Crippen LogP contribution in [0.15, 0.2) is 0 Å². The summed E-state index contributed by atoms with van der Waals surface area (Å²) in [4.78, 5) is 10.9. The van der Waals surface area contributed by atoms with Crippen LogP contribution < -0.4 is 5.32 Å². The van der Waals surface area contributed by atoms with E-state index in [-0.39, 0.29) is 43.6 Å². The lowest BCUT2D eigenvalue weighted by atomic mass is 10.2. The van der Waals surface area contributed by atoms with E-state index < -0.39 is 17.6 Å². The van der Waals surface area contributed by atoms with Gasteiger partial charge in [0.15, 0.2) is 0 Å². The standard InChI is InChI=1S/C9H16F3NO3S/c1-2-16-8(15)5-7(14)6-13-3-4-17-9(10,11)12/h7,13-14H,2-6H2,1H3. The SMILES string of the molecule is CCOC(=O)CC(O)CNCCSC(F)(F)F. The van der Waals surface area contributed by atoms with Gasteiger partial charge in [0.25, 0.3) is 0 Å². The highest BCUT2D eigenvalue weighted by Crippen LogP contribution is 2.29. The first-order chi connectivity index (χ1) is 7.85. The molecular weight excluding hydrogens is 259 g/mol. The van der Waals surface area contributed by atoms with Gasteiger partial charge in [0.05, 0.1) is 19.1 Å². The van der Waals surface area contributed by atoms with Crippen molar-refractivity contribution in [2.75, 3.05) is 25.4 Å². The molecule has 8 heteroatoms. The van der Waals surface area contributed by atoms with Gasteiger partial charge in [-0.1, -0.05) is 0 Å². The van der Waals surface area contributed by atoms with Crippen LogP contribution in [0.25, 0.3) is 0 Å². The number of esters is 1. The van der Waals surface area contributed by atoms with E-state index in [1.165, 1.54) is 0 Å². The number of thioether (sulfide) groups is 1. The molecule has 0 rings (SSSR count). The quantitative estimate of drug-likeness (QED) is 0.514. The molecule has 0 aliphatic carbocycles. The highest BCUT2D eigenvalue weighted by atomic mass is 32.2. The molecule has 0 saturated heterocycles. The van der Waals surface area contributed by atoms with Crippen LogP contribution in [0.1, 0.15) is 13.3 Å². The summed E-state index contributed by atoms with van der Waals surface area (Å²) in [6, 6.07) is 0. The number of aliphatic hydroxyl groups excluding tert-OH is 1. The maximum Gasteiger partial charge on any atom is 0.441 e. The largest absolute Gasteiger partial charge is 0.466 e. The van der Waals surface area contributed by atoms with E-state index in [9.17, 15) is 23.1 Å². The molecule has 0 heterocycles. The Kier molecular flexibility index (Phi) is 8.36. The lowest BCUT2D eigenvalue weighted by molar-refractivity contribution is -0.145. The molecule has 1 unspecified atom stereocenters. The average molecular weight is 275 g/mol. The third-order valence-electron chi connectivity index (χ3n) is 1.63. The third-order valence-corrected chi connectivity index (χ3v) is 2.37. The molecule has 0 aliphatic rings. The van der Waals surface area contributed by atoms with Gasteiger partial charge in [-0.05, 0) is 18.7 Å². The van der Waals surface area contributed by atoms with Crippen molar-refractivity contribution in [3.63, 3.8) is 0 Å². The summed E-state index contributed by atoms with van der Waals surface area (Å²) in [5, 5.41) is 11.9. The number of hydrogen-bond donors (Lipinski definition) is 2. The van der Waals surface area contributed by atoms with Gasteiger partial charge in [-0.2, -0.15) is 13.2 Å². The molecule has 0 amide bonds. The predicted octanol–water partition coefficient (Wildman–Crippen LogP) is 1.14. The number of halogens is 3. The first-order valence-corrected chi connectivity index (χ1v) is 6.08. The van der Waals surface area contributed by atoms with Crippen molar-refractivity contribution < 1.29 is 27.8 Å². The van der Waals surface area contributed by atoms with Crippen LogP contribution in [0.4, 0.5) is 13.2 Å². The Hall–Kier alpha value is -0.470. The minimum atomic E-state index is -4.23. The molecule has 0 aliphatic heterocycles. The lowest BCUT2D eigenvalue weighted by Gasteiger charge is -2.11. The number of ether oxygens (including phenoxy) is 1. The smallest absolute Gasteiger partial charge is 0.441 e. The molecule has 2 N–H and O–H groups in total. The van der Waals surface area contributed by atoms with Gasteiger partial charge in [-0.3, -0.25) is 4.79 Å². The van der Waals surface area contributed by atoms with Crippen molar-refractivity contribution in [2.45, 2.75) is 25.0 Å². The molecule has 0 spiro atoms. The van der Waals surface area contributed by atoms with E-state index in [1.54, 1.807) is 6.92 Å². The van der Waals surface area contributed by atoms with Crippen molar-refractivity contribution >= 4 is 17.7 Å². The highest BCUT2D eigenvalue weighted by Gasteiger charge is 2.27. The summed E-state index contributed by atoms with van der Waals surface area (Å²) < 4.78 is 39.8. The van der Waals surface area contributed by atoms with Gasteiger partial charge in [0.1, 0.15) is 0 Å². The Morgan fingerprint density at radius 2 is 2.18 bits per heavy atom. The molecule has 0 aromatic heterocycles. The van der Waals surface area contributed by atoms with E-state index >= 15 is 0 Å². The molecule has 102 valence electrons. The Labute approximate surface area is 102 Å². The fourth-order valence-corrected chi connectivity index (χ4v) is 1.47. The normalized spacial score (nSPS) is 13.5. The first-order valence-electron chi connectivity index (χ1n) is 5.10. The summed E-state index contributed by atoms with van der Waals surface area (Å²) in [5.74, 6) is -0.651. The Balaban J connectivity index is 3.45. The van der Waals surface area contributed by atoms with E-state index in [1.807, 2.05) is 0 Å². The van der Waals surface area contributed by atoms with Crippen LogP contribution >= 0.6 is 11.8 Å². The molecule has 0 aromatic carbocycles. The zero-order valence-electron chi connectivity index (χ0n) is 9.42.